The normalized spacial score (nSPS) is 19.0. The first kappa shape index (κ1) is 20.2. The first-order valence-electron chi connectivity index (χ1n) is 8.57. The van der Waals surface area contributed by atoms with E-state index in [0.717, 1.165) is 12.1 Å². The third kappa shape index (κ3) is 3.86. The number of ether oxygens (including phenoxy) is 1. The SMILES string of the molecule is COc1cnc(C(=O)Nc2ccc(F)c(C3(C)CC(=O)N(C)C(N)=N3)c2)c(F)c1. The minimum atomic E-state index is -1.25. The minimum Gasteiger partial charge on any atom is -0.495 e. The summed E-state index contributed by atoms with van der Waals surface area (Å²) in [6, 6.07) is 4.80. The van der Waals surface area contributed by atoms with Crippen LogP contribution in [0, 0.1) is 11.6 Å². The van der Waals surface area contributed by atoms with Crippen molar-refractivity contribution in [2.75, 3.05) is 19.5 Å². The number of nitrogens with one attached hydrogen (secondary N) is 1. The van der Waals surface area contributed by atoms with Crippen molar-refractivity contribution in [3.8, 4) is 5.75 Å². The summed E-state index contributed by atoms with van der Waals surface area (Å²) in [5.41, 5.74) is 4.33. The van der Waals surface area contributed by atoms with Gasteiger partial charge in [0.25, 0.3) is 5.91 Å². The molecule has 0 fully saturated rings. The number of aliphatic imine (C=N–C) groups is 1. The number of hydrogen-bond donors (Lipinski definition) is 2. The Hall–Kier alpha value is -3.56. The molecule has 1 atom stereocenters. The van der Waals surface area contributed by atoms with Crippen molar-refractivity contribution in [3.63, 3.8) is 0 Å². The number of guanidine groups is 1. The molecule has 0 saturated heterocycles. The van der Waals surface area contributed by atoms with E-state index in [1.165, 1.54) is 37.4 Å². The quantitative estimate of drug-likeness (QED) is 0.812. The second kappa shape index (κ2) is 7.46. The number of nitrogens with zero attached hydrogens (tertiary/aromatic N) is 3. The second-order valence-electron chi connectivity index (χ2n) is 6.73. The van der Waals surface area contributed by atoms with E-state index in [4.69, 9.17) is 10.5 Å². The maximum atomic E-state index is 14.5. The number of methoxy groups -OCH3 is 1. The third-order valence-corrected chi connectivity index (χ3v) is 4.65. The van der Waals surface area contributed by atoms with Gasteiger partial charge in [0.2, 0.25) is 5.91 Å². The average Bonchev–Trinajstić information content (AvgIpc) is 2.67. The summed E-state index contributed by atoms with van der Waals surface area (Å²) in [7, 11) is 2.82. The number of hydrogen-bond acceptors (Lipinski definition) is 6. The number of aromatic nitrogens is 1. The predicted molar refractivity (Wildman–Crippen MR) is 101 cm³/mol. The molecule has 0 spiro atoms. The molecule has 2 heterocycles. The van der Waals surface area contributed by atoms with Crippen LogP contribution in [-0.4, -0.2) is 41.8 Å². The van der Waals surface area contributed by atoms with Crippen LogP contribution >= 0.6 is 0 Å². The van der Waals surface area contributed by atoms with Crippen LogP contribution in [0.3, 0.4) is 0 Å². The molecule has 2 amide bonds. The number of nitrogens with two attached hydrogens (primary N) is 1. The molecule has 1 aromatic heterocycles. The molecule has 1 aliphatic heterocycles. The van der Waals surface area contributed by atoms with E-state index in [1.54, 1.807) is 6.92 Å². The number of halogens is 2. The van der Waals surface area contributed by atoms with E-state index in [2.05, 4.69) is 15.3 Å². The highest BCUT2D eigenvalue weighted by molar-refractivity contribution is 6.03. The van der Waals surface area contributed by atoms with Crippen molar-refractivity contribution in [1.82, 2.24) is 9.88 Å². The van der Waals surface area contributed by atoms with Crippen LogP contribution in [-0.2, 0) is 10.3 Å². The van der Waals surface area contributed by atoms with Crippen LogP contribution < -0.4 is 15.8 Å². The highest BCUT2D eigenvalue weighted by Gasteiger charge is 2.38. The highest BCUT2D eigenvalue weighted by atomic mass is 19.1. The molecule has 1 aromatic carbocycles. The van der Waals surface area contributed by atoms with Crippen molar-refractivity contribution >= 4 is 23.5 Å². The van der Waals surface area contributed by atoms with E-state index >= 15 is 0 Å². The standard InChI is InChI=1S/C19H19F2N5O3/c1-19(8-15(27)26(2)18(22)25-19)12-6-10(4-5-13(12)20)24-17(28)16-14(21)7-11(29-3)9-23-16/h4-7,9H,8H2,1-3H3,(H2,22,25)(H,24,28). The van der Waals surface area contributed by atoms with Gasteiger partial charge in [0.15, 0.2) is 17.5 Å². The fourth-order valence-electron chi connectivity index (χ4n) is 2.97. The van der Waals surface area contributed by atoms with Gasteiger partial charge < -0.3 is 15.8 Å². The van der Waals surface area contributed by atoms with Crippen LogP contribution in [0.2, 0.25) is 0 Å². The summed E-state index contributed by atoms with van der Waals surface area (Å²) in [6.07, 6.45) is 1.10. The van der Waals surface area contributed by atoms with E-state index in [1.807, 2.05) is 0 Å². The fourth-order valence-corrected chi connectivity index (χ4v) is 2.97. The van der Waals surface area contributed by atoms with Gasteiger partial charge in [0.1, 0.15) is 11.6 Å². The van der Waals surface area contributed by atoms with Crippen molar-refractivity contribution in [3.05, 3.63) is 53.4 Å². The molecule has 0 bridgehead atoms. The fraction of sp³-hybridized carbons (Fsp3) is 0.263. The zero-order valence-corrected chi connectivity index (χ0v) is 16.0. The smallest absolute Gasteiger partial charge is 0.277 e. The molecule has 0 radical (unpaired) electrons. The van der Waals surface area contributed by atoms with Crippen molar-refractivity contribution < 1.29 is 23.1 Å². The van der Waals surface area contributed by atoms with Crippen molar-refractivity contribution in [1.29, 1.82) is 0 Å². The molecule has 0 aliphatic carbocycles. The van der Waals surface area contributed by atoms with Gasteiger partial charge in [-0.25, -0.2) is 18.8 Å². The Balaban J connectivity index is 1.92. The molecule has 3 rings (SSSR count). The molecule has 8 nitrogen and oxygen atoms in total. The first-order valence-corrected chi connectivity index (χ1v) is 8.57. The molecular weight excluding hydrogens is 384 g/mol. The third-order valence-electron chi connectivity index (χ3n) is 4.65. The molecule has 29 heavy (non-hydrogen) atoms. The van der Waals surface area contributed by atoms with Gasteiger partial charge >= 0.3 is 0 Å². The predicted octanol–water partition coefficient (Wildman–Crippen LogP) is 2.01. The lowest BCUT2D eigenvalue weighted by Gasteiger charge is -2.34. The number of carbonyl (C=O) groups excluding carboxylic acids is 2. The zero-order valence-electron chi connectivity index (χ0n) is 16.0. The van der Waals surface area contributed by atoms with E-state index in [-0.39, 0.29) is 35.3 Å². The van der Waals surface area contributed by atoms with Gasteiger partial charge in [-0.1, -0.05) is 0 Å². The molecule has 1 aliphatic rings. The molecule has 0 saturated carbocycles. The first-order chi connectivity index (χ1) is 13.6. The van der Waals surface area contributed by atoms with Gasteiger partial charge in [-0.15, -0.1) is 0 Å². The molecule has 2 aromatic rings. The lowest BCUT2D eigenvalue weighted by molar-refractivity contribution is -0.128. The van der Waals surface area contributed by atoms with Crippen molar-refractivity contribution in [2.24, 2.45) is 10.7 Å². The molecule has 10 heteroatoms. The number of carbonyl (C=O) groups is 2. The molecule has 1 unspecified atom stereocenters. The summed E-state index contributed by atoms with van der Waals surface area (Å²) in [5.74, 6) is -2.50. The van der Waals surface area contributed by atoms with Crippen LogP contribution in [0.25, 0.3) is 0 Å². The number of benzene rings is 1. The van der Waals surface area contributed by atoms with Gasteiger partial charge in [-0.3, -0.25) is 14.5 Å². The Morgan fingerprint density at radius 3 is 2.66 bits per heavy atom. The minimum absolute atomic E-state index is 0.0397. The maximum Gasteiger partial charge on any atom is 0.277 e. The maximum absolute atomic E-state index is 14.5. The summed E-state index contributed by atoms with van der Waals surface area (Å²) >= 11 is 0. The number of anilines is 1. The average molecular weight is 403 g/mol. The Morgan fingerprint density at radius 2 is 2.03 bits per heavy atom. The van der Waals surface area contributed by atoms with Gasteiger partial charge in [-0.05, 0) is 25.1 Å². The summed E-state index contributed by atoms with van der Waals surface area (Å²) in [6.45, 7) is 1.57. The summed E-state index contributed by atoms with van der Waals surface area (Å²) in [5, 5.41) is 2.47. The van der Waals surface area contributed by atoms with Crippen LogP contribution in [0.5, 0.6) is 5.75 Å². The topological polar surface area (TPSA) is 110 Å². The van der Waals surface area contributed by atoms with Crippen LogP contribution in [0.4, 0.5) is 14.5 Å². The molecule has 152 valence electrons. The Labute approximate surface area is 165 Å². The number of pyridine rings is 1. The van der Waals surface area contributed by atoms with E-state index < -0.39 is 28.8 Å². The summed E-state index contributed by atoms with van der Waals surface area (Å²) < 4.78 is 33.4. The summed E-state index contributed by atoms with van der Waals surface area (Å²) in [4.78, 5) is 33.7. The molecular formula is C19H19F2N5O3. The monoisotopic (exact) mass is 403 g/mol. The lowest BCUT2D eigenvalue weighted by atomic mass is 9.87. The highest BCUT2D eigenvalue weighted by Crippen LogP contribution is 2.35. The van der Waals surface area contributed by atoms with Gasteiger partial charge in [-0.2, -0.15) is 0 Å². The van der Waals surface area contributed by atoms with E-state index in [9.17, 15) is 18.4 Å². The largest absolute Gasteiger partial charge is 0.495 e. The van der Waals surface area contributed by atoms with Gasteiger partial charge in [0.05, 0.1) is 25.3 Å². The van der Waals surface area contributed by atoms with E-state index in [0.29, 0.717) is 0 Å². The molecule has 3 N–H and O–H groups in total. The van der Waals surface area contributed by atoms with Crippen molar-refractivity contribution in [2.45, 2.75) is 18.9 Å². The number of rotatable bonds is 4. The lowest BCUT2D eigenvalue weighted by Crippen LogP contribution is -2.47. The zero-order chi connectivity index (χ0) is 21.3. The Bertz CT molecular complexity index is 1030. The Morgan fingerprint density at radius 1 is 1.31 bits per heavy atom. The van der Waals surface area contributed by atoms with Crippen LogP contribution in [0.1, 0.15) is 29.4 Å². The Kier molecular flexibility index (Phi) is 5.19. The van der Waals surface area contributed by atoms with Gasteiger partial charge in [0, 0.05) is 24.4 Å². The number of amides is 2. The second-order valence-corrected chi connectivity index (χ2v) is 6.73. The van der Waals surface area contributed by atoms with Crippen LogP contribution in [0.15, 0.2) is 35.5 Å².